The average Bonchev–Trinajstić information content (AvgIpc) is 3.23. The Morgan fingerprint density at radius 2 is 1.97 bits per heavy atom. The van der Waals surface area contributed by atoms with Gasteiger partial charge in [0.15, 0.2) is 11.5 Å². The topological polar surface area (TPSA) is 126 Å². The fraction of sp³-hybridized carbons (Fsp3) is 0.375. The lowest BCUT2D eigenvalue weighted by molar-refractivity contribution is 0.00689. The zero-order valence-electron chi connectivity index (χ0n) is 19.7. The highest BCUT2D eigenvalue weighted by Gasteiger charge is 2.30. The molecule has 10 nitrogen and oxygen atoms in total. The number of nitrogens with one attached hydrogen (secondary N) is 1. The van der Waals surface area contributed by atoms with Crippen LogP contribution in [0.5, 0.6) is 5.75 Å². The van der Waals surface area contributed by atoms with Gasteiger partial charge in [0.25, 0.3) is 0 Å². The van der Waals surface area contributed by atoms with Gasteiger partial charge in [0.2, 0.25) is 5.95 Å². The molecule has 0 bridgehead atoms. The maximum Gasteiger partial charge on any atom is 0.360 e. The van der Waals surface area contributed by atoms with Crippen LogP contribution in [0.3, 0.4) is 0 Å². The van der Waals surface area contributed by atoms with Crippen LogP contribution in [0.25, 0.3) is 11.5 Å². The maximum absolute atomic E-state index is 12.4. The second-order valence-corrected chi connectivity index (χ2v) is 8.67. The first kappa shape index (κ1) is 23.2. The Morgan fingerprint density at radius 1 is 1.18 bits per heavy atom. The lowest BCUT2D eigenvalue weighted by Crippen LogP contribution is -2.23. The van der Waals surface area contributed by atoms with Gasteiger partial charge in [-0.1, -0.05) is 5.16 Å². The molecule has 34 heavy (non-hydrogen) atoms. The molecule has 1 aliphatic rings. The number of aromatic nitrogens is 3. The van der Waals surface area contributed by atoms with Crippen molar-refractivity contribution in [3.63, 3.8) is 0 Å². The van der Waals surface area contributed by atoms with Crippen molar-refractivity contribution in [1.82, 2.24) is 15.1 Å². The number of aryl methyl sites for hydroxylation is 1. The summed E-state index contributed by atoms with van der Waals surface area (Å²) in [4.78, 5) is 33.6. The molecular weight excluding hydrogens is 440 g/mol. The molecule has 0 aliphatic heterocycles. The van der Waals surface area contributed by atoms with E-state index in [1.165, 1.54) is 7.11 Å². The van der Waals surface area contributed by atoms with E-state index in [9.17, 15) is 9.59 Å². The summed E-state index contributed by atoms with van der Waals surface area (Å²) in [6, 6.07) is 4.92. The number of ether oxygens (including phenoxy) is 3. The van der Waals surface area contributed by atoms with Gasteiger partial charge >= 0.3 is 11.9 Å². The van der Waals surface area contributed by atoms with E-state index in [1.54, 1.807) is 52.1 Å². The van der Waals surface area contributed by atoms with Gasteiger partial charge in [-0.05, 0) is 58.7 Å². The Morgan fingerprint density at radius 3 is 2.68 bits per heavy atom. The SMILES string of the molecule is CCOC(=O)c1noc2c1CCc1cnc(Nc3ccc(C(=O)OC(C)(C)C)cc3OC)nc1-2. The van der Waals surface area contributed by atoms with Crippen molar-refractivity contribution in [2.24, 2.45) is 0 Å². The summed E-state index contributed by atoms with van der Waals surface area (Å²) >= 11 is 0. The predicted molar refractivity (Wildman–Crippen MR) is 122 cm³/mol. The molecule has 1 aliphatic carbocycles. The molecule has 0 saturated heterocycles. The summed E-state index contributed by atoms with van der Waals surface area (Å²) in [6.45, 7) is 7.41. The lowest BCUT2D eigenvalue weighted by Gasteiger charge is -2.20. The first-order chi connectivity index (χ1) is 16.2. The van der Waals surface area contributed by atoms with Crippen molar-refractivity contribution in [2.45, 2.75) is 46.1 Å². The number of hydrogen-bond acceptors (Lipinski definition) is 10. The number of carbonyl (C=O) groups is 2. The van der Waals surface area contributed by atoms with Crippen LogP contribution in [-0.4, -0.2) is 46.4 Å². The minimum Gasteiger partial charge on any atom is -0.495 e. The van der Waals surface area contributed by atoms with E-state index in [4.69, 9.17) is 18.7 Å². The number of methoxy groups -OCH3 is 1. The van der Waals surface area contributed by atoms with Crippen molar-refractivity contribution >= 4 is 23.6 Å². The zero-order chi connectivity index (χ0) is 24.5. The molecule has 0 amide bonds. The van der Waals surface area contributed by atoms with Crippen molar-refractivity contribution in [2.75, 3.05) is 19.0 Å². The molecule has 3 aromatic rings. The maximum atomic E-state index is 12.4. The van der Waals surface area contributed by atoms with Gasteiger partial charge in [-0.15, -0.1) is 0 Å². The molecule has 0 saturated carbocycles. The smallest absolute Gasteiger partial charge is 0.360 e. The summed E-state index contributed by atoms with van der Waals surface area (Å²) in [5.74, 6) is 0.191. The minimum atomic E-state index is -0.606. The van der Waals surface area contributed by atoms with E-state index in [2.05, 4.69) is 20.4 Å². The second-order valence-electron chi connectivity index (χ2n) is 8.67. The van der Waals surface area contributed by atoms with Crippen molar-refractivity contribution < 1.29 is 28.3 Å². The summed E-state index contributed by atoms with van der Waals surface area (Å²) in [5.41, 5.74) is 2.62. The largest absolute Gasteiger partial charge is 0.495 e. The molecule has 10 heteroatoms. The van der Waals surface area contributed by atoms with Gasteiger partial charge < -0.3 is 24.1 Å². The number of hydrogen-bond donors (Lipinski definition) is 1. The molecule has 0 radical (unpaired) electrons. The van der Waals surface area contributed by atoms with E-state index in [1.807, 2.05) is 0 Å². The molecule has 0 atom stereocenters. The third-order valence-electron chi connectivity index (χ3n) is 5.06. The van der Waals surface area contributed by atoms with Crippen molar-refractivity contribution in [3.8, 4) is 17.2 Å². The first-order valence-electron chi connectivity index (χ1n) is 10.9. The highest BCUT2D eigenvalue weighted by molar-refractivity contribution is 5.92. The normalized spacial score (nSPS) is 12.4. The first-order valence-corrected chi connectivity index (χ1v) is 10.9. The van der Waals surface area contributed by atoms with E-state index < -0.39 is 17.5 Å². The Hall–Kier alpha value is -3.95. The fourth-order valence-corrected chi connectivity index (χ4v) is 3.57. The van der Waals surface area contributed by atoms with Crippen LogP contribution in [0, 0.1) is 0 Å². The van der Waals surface area contributed by atoms with Crippen LogP contribution >= 0.6 is 0 Å². The molecule has 0 spiro atoms. The van der Waals surface area contributed by atoms with Gasteiger partial charge in [-0.2, -0.15) is 0 Å². The van der Waals surface area contributed by atoms with Crippen molar-refractivity contribution in [1.29, 1.82) is 0 Å². The number of fused-ring (bicyclic) bond motifs is 3. The Balaban J connectivity index is 1.61. The van der Waals surface area contributed by atoms with E-state index >= 15 is 0 Å². The quantitative estimate of drug-likeness (QED) is 0.530. The summed E-state index contributed by atoms with van der Waals surface area (Å²) in [5, 5.41) is 7.03. The Kier molecular flexibility index (Phi) is 6.23. The molecule has 1 aromatic carbocycles. The Labute approximate surface area is 196 Å². The molecule has 4 rings (SSSR count). The molecule has 2 aromatic heterocycles. The number of anilines is 2. The highest BCUT2D eigenvalue weighted by Crippen LogP contribution is 2.35. The second kappa shape index (κ2) is 9.12. The van der Waals surface area contributed by atoms with E-state index in [0.29, 0.717) is 52.8 Å². The third kappa shape index (κ3) is 4.70. The van der Waals surface area contributed by atoms with E-state index in [-0.39, 0.29) is 12.3 Å². The number of esters is 2. The van der Waals surface area contributed by atoms with Crippen LogP contribution in [0.15, 0.2) is 28.9 Å². The van der Waals surface area contributed by atoms with Crippen LogP contribution in [0.1, 0.15) is 59.7 Å². The number of benzene rings is 1. The fourth-order valence-electron chi connectivity index (χ4n) is 3.57. The molecule has 0 fully saturated rings. The van der Waals surface area contributed by atoms with Crippen LogP contribution in [0.2, 0.25) is 0 Å². The molecule has 0 unspecified atom stereocenters. The standard InChI is InChI=1S/C24H26N4O6/c1-6-32-22(30)19-15-9-7-14-12-25-23(27-18(14)20(15)34-28-19)26-16-10-8-13(11-17(16)31-5)21(29)33-24(2,3)4/h8,10-12H,6-7,9H2,1-5H3,(H,25,26,27). The van der Waals surface area contributed by atoms with Crippen molar-refractivity contribution in [3.05, 3.63) is 46.8 Å². The molecule has 178 valence electrons. The summed E-state index contributed by atoms with van der Waals surface area (Å²) in [6.07, 6.45) is 2.93. The number of rotatable bonds is 6. The van der Waals surface area contributed by atoms with Crippen LogP contribution < -0.4 is 10.1 Å². The minimum absolute atomic E-state index is 0.176. The monoisotopic (exact) mass is 466 g/mol. The van der Waals surface area contributed by atoms with Gasteiger partial charge in [0.05, 0.1) is 25.0 Å². The van der Waals surface area contributed by atoms with Gasteiger partial charge in [0.1, 0.15) is 17.0 Å². The number of nitrogens with zero attached hydrogens (tertiary/aromatic N) is 3. The summed E-state index contributed by atoms with van der Waals surface area (Å²) in [7, 11) is 1.50. The lowest BCUT2D eigenvalue weighted by atomic mass is 9.94. The van der Waals surface area contributed by atoms with Crippen LogP contribution in [-0.2, 0) is 22.3 Å². The predicted octanol–water partition coefficient (Wildman–Crippen LogP) is 4.11. The average molecular weight is 466 g/mol. The third-order valence-corrected chi connectivity index (χ3v) is 5.06. The Bertz CT molecular complexity index is 1240. The molecule has 1 N–H and O–H groups in total. The van der Waals surface area contributed by atoms with E-state index in [0.717, 1.165) is 5.56 Å². The van der Waals surface area contributed by atoms with Crippen LogP contribution in [0.4, 0.5) is 11.6 Å². The molecule has 2 heterocycles. The van der Waals surface area contributed by atoms with Gasteiger partial charge in [-0.3, -0.25) is 0 Å². The highest BCUT2D eigenvalue weighted by atomic mass is 16.6. The van der Waals surface area contributed by atoms with Gasteiger partial charge in [0, 0.05) is 17.3 Å². The summed E-state index contributed by atoms with van der Waals surface area (Å²) < 4.78 is 21.4. The van der Waals surface area contributed by atoms with Gasteiger partial charge in [-0.25, -0.2) is 19.6 Å². The molecular formula is C24H26N4O6. The zero-order valence-corrected chi connectivity index (χ0v) is 19.7. The number of carbonyl (C=O) groups excluding carboxylic acids is 2.